The maximum atomic E-state index is 14.3. The molecule has 1 unspecified atom stereocenters. The van der Waals surface area contributed by atoms with E-state index in [1.54, 1.807) is 22.7 Å². The second-order valence-electron chi connectivity index (χ2n) is 6.98. The molecule has 1 aromatic carbocycles. The van der Waals surface area contributed by atoms with E-state index in [1.165, 1.54) is 6.33 Å². The summed E-state index contributed by atoms with van der Waals surface area (Å²) in [5.74, 6) is -0.701. The van der Waals surface area contributed by atoms with E-state index in [-0.39, 0.29) is 17.9 Å². The first-order valence-electron chi connectivity index (χ1n) is 9.61. The number of amides is 1. The van der Waals surface area contributed by atoms with Crippen molar-refractivity contribution in [1.82, 2.24) is 24.6 Å². The molecule has 1 atom stereocenters. The maximum Gasteiger partial charge on any atom is 0.272 e. The van der Waals surface area contributed by atoms with Gasteiger partial charge in [0.25, 0.3) is 11.8 Å². The van der Waals surface area contributed by atoms with E-state index in [0.29, 0.717) is 37.3 Å². The number of hydrogen-bond acceptors (Lipinski definition) is 5. The topological polar surface area (TPSA) is 73.1 Å². The van der Waals surface area contributed by atoms with Crippen LogP contribution in [0, 0.1) is 5.82 Å². The van der Waals surface area contributed by atoms with Gasteiger partial charge in [0.1, 0.15) is 18.1 Å². The Morgan fingerprint density at radius 3 is 2.83 bits per heavy atom. The van der Waals surface area contributed by atoms with Gasteiger partial charge in [-0.1, -0.05) is 37.3 Å². The van der Waals surface area contributed by atoms with Crippen molar-refractivity contribution in [2.75, 3.05) is 13.1 Å². The molecule has 0 spiro atoms. The molecule has 0 saturated carbocycles. The second-order valence-corrected chi connectivity index (χ2v) is 6.98. The molecular formula is C21H22FN5O2. The molecule has 2 aromatic heterocycles. The average molecular weight is 395 g/mol. The van der Waals surface area contributed by atoms with Crippen LogP contribution in [0.25, 0.3) is 11.3 Å². The first-order chi connectivity index (χ1) is 14.1. The summed E-state index contributed by atoms with van der Waals surface area (Å²) >= 11 is 0. The molecule has 1 amide bonds. The molecule has 1 fully saturated rings. The van der Waals surface area contributed by atoms with Gasteiger partial charge in [-0.3, -0.25) is 9.48 Å². The summed E-state index contributed by atoms with van der Waals surface area (Å²) in [7, 11) is 1.76. The van der Waals surface area contributed by atoms with Crippen molar-refractivity contribution in [3.05, 3.63) is 59.9 Å². The number of nitrogens with zero attached hydrogens (tertiary/aromatic N) is 5. The number of ether oxygens (including phenoxy) is 1. The van der Waals surface area contributed by atoms with Crippen LogP contribution in [0.15, 0.2) is 42.7 Å². The number of aromatic nitrogens is 4. The SMILES string of the molecule is CCc1ncnc(OC2CCN(C(=O)c3cc(-c4ccccc4)nn3C)C2)c1F. The molecule has 1 aliphatic heterocycles. The molecule has 1 saturated heterocycles. The van der Waals surface area contributed by atoms with Crippen LogP contribution >= 0.6 is 0 Å². The van der Waals surface area contributed by atoms with E-state index < -0.39 is 5.82 Å². The normalized spacial score (nSPS) is 16.2. The van der Waals surface area contributed by atoms with Crippen molar-refractivity contribution < 1.29 is 13.9 Å². The Morgan fingerprint density at radius 2 is 2.07 bits per heavy atom. The molecule has 0 aliphatic carbocycles. The number of halogens is 1. The van der Waals surface area contributed by atoms with E-state index in [9.17, 15) is 9.18 Å². The Kier molecular flexibility index (Phi) is 5.24. The lowest BCUT2D eigenvalue weighted by molar-refractivity contribution is 0.0759. The lowest BCUT2D eigenvalue weighted by Gasteiger charge is -2.17. The van der Waals surface area contributed by atoms with Crippen molar-refractivity contribution in [3.63, 3.8) is 0 Å². The molecule has 0 radical (unpaired) electrons. The van der Waals surface area contributed by atoms with Gasteiger partial charge in [-0.2, -0.15) is 14.5 Å². The van der Waals surface area contributed by atoms with Crippen molar-refractivity contribution >= 4 is 5.91 Å². The highest BCUT2D eigenvalue weighted by Gasteiger charge is 2.31. The fourth-order valence-electron chi connectivity index (χ4n) is 3.46. The van der Waals surface area contributed by atoms with Gasteiger partial charge in [-0.15, -0.1) is 0 Å². The summed E-state index contributed by atoms with van der Waals surface area (Å²) in [5, 5.41) is 4.46. The summed E-state index contributed by atoms with van der Waals surface area (Å²) in [5.41, 5.74) is 2.53. The summed E-state index contributed by atoms with van der Waals surface area (Å²) < 4.78 is 21.6. The quantitative estimate of drug-likeness (QED) is 0.664. The fraction of sp³-hybridized carbons (Fsp3) is 0.333. The van der Waals surface area contributed by atoms with Gasteiger partial charge in [-0.25, -0.2) is 4.98 Å². The van der Waals surface area contributed by atoms with Gasteiger partial charge in [0.05, 0.1) is 17.9 Å². The summed E-state index contributed by atoms with van der Waals surface area (Å²) in [6, 6.07) is 11.5. The maximum absolute atomic E-state index is 14.3. The van der Waals surface area contributed by atoms with Gasteiger partial charge in [0.2, 0.25) is 5.82 Å². The molecule has 3 aromatic rings. The number of carbonyl (C=O) groups is 1. The number of likely N-dealkylation sites (tertiary alicyclic amines) is 1. The van der Waals surface area contributed by atoms with Crippen molar-refractivity contribution in [2.24, 2.45) is 7.05 Å². The minimum atomic E-state index is -0.529. The molecule has 1 aliphatic rings. The van der Waals surface area contributed by atoms with Crippen LogP contribution in [0.5, 0.6) is 5.88 Å². The predicted octanol–water partition coefficient (Wildman–Crippen LogP) is 2.87. The fourth-order valence-corrected chi connectivity index (χ4v) is 3.46. The average Bonchev–Trinajstić information content (AvgIpc) is 3.36. The lowest BCUT2D eigenvalue weighted by atomic mass is 10.1. The summed E-state index contributed by atoms with van der Waals surface area (Å²) in [6.07, 6.45) is 2.06. The Morgan fingerprint density at radius 1 is 1.28 bits per heavy atom. The first-order valence-corrected chi connectivity index (χ1v) is 9.61. The van der Waals surface area contributed by atoms with Crippen molar-refractivity contribution in [2.45, 2.75) is 25.9 Å². The Balaban J connectivity index is 1.46. The molecule has 150 valence electrons. The van der Waals surface area contributed by atoms with Gasteiger partial charge in [-0.05, 0) is 12.5 Å². The molecular weight excluding hydrogens is 373 g/mol. The zero-order chi connectivity index (χ0) is 20.4. The van der Waals surface area contributed by atoms with Gasteiger partial charge < -0.3 is 9.64 Å². The smallest absolute Gasteiger partial charge is 0.272 e. The predicted molar refractivity (Wildman–Crippen MR) is 105 cm³/mol. The van der Waals surface area contributed by atoms with Crippen molar-refractivity contribution in [3.8, 4) is 17.1 Å². The van der Waals surface area contributed by atoms with Crippen LogP contribution in [0.2, 0.25) is 0 Å². The molecule has 4 rings (SSSR count). The van der Waals surface area contributed by atoms with E-state index >= 15 is 0 Å². The van der Waals surface area contributed by atoms with Crippen molar-refractivity contribution in [1.29, 1.82) is 0 Å². The highest BCUT2D eigenvalue weighted by molar-refractivity contribution is 5.94. The lowest BCUT2D eigenvalue weighted by Crippen LogP contribution is -2.32. The Labute approximate surface area is 168 Å². The highest BCUT2D eigenvalue weighted by Crippen LogP contribution is 2.23. The summed E-state index contributed by atoms with van der Waals surface area (Å²) in [6.45, 7) is 2.72. The van der Waals surface area contributed by atoms with Crippen LogP contribution in [0.1, 0.15) is 29.5 Å². The van der Waals surface area contributed by atoms with Crippen LogP contribution in [0.4, 0.5) is 4.39 Å². The van der Waals surface area contributed by atoms with Crippen LogP contribution in [-0.4, -0.2) is 49.7 Å². The first kappa shape index (κ1) is 19.0. The van der Waals surface area contributed by atoms with E-state index in [2.05, 4.69) is 15.1 Å². The third-order valence-corrected chi connectivity index (χ3v) is 5.04. The molecule has 0 bridgehead atoms. The Hall–Kier alpha value is -3.29. The number of carbonyl (C=O) groups excluding carboxylic acids is 1. The second kappa shape index (κ2) is 7.98. The zero-order valence-corrected chi connectivity index (χ0v) is 16.4. The number of aryl methyl sites for hydroxylation is 2. The highest BCUT2D eigenvalue weighted by atomic mass is 19.1. The molecule has 29 heavy (non-hydrogen) atoms. The molecule has 0 N–H and O–H groups in total. The van der Waals surface area contributed by atoms with Crippen LogP contribution < -0.4 is 4.74 Å². The molecule has 7 nitrogen and oxygen atoms in total. The number of benzene rings is 1. The van der Waals surface area contributed by atoms with Crippen LogP contribution in [0.3, 0.4) is 0 Å². The third kappa shape index (κ3) is 3.83. The van der Waals surface area contributed by atoms with Gasteiger partial charge >= 0.3 is 0 Å². The minimum Gasteiger partial charge on any atom is -0.470 e. The van der Waals surface area contributed by atoms with E-state index in [4.69, 9.17) is 4.74 Å². The molecule has 8 heteroatoms. The third-order valence-electron chi connectivity index (χ3n) is 5.04. The monoisotopic (exact) mass is 395 g/mol. The number of rotatable bonds is 5. The van der Waals surface area contributed by atoms with Gasteiger partial charge in [0, 0.05) is 25.6 Å². The standard InChI is InChI=1S/C21H22FN5O2/c1-3-16-19(22)20(24-13-23-16)29-15-9-10-27(12-15)21(28)18-11-17(25-26(18)2)14-7-5-4-6-8-14/h4-8,11,13,15H,3,9-10,12H2,1-2H3. The number of hydrogen-bond donors (Lipinski definition) is 0. The van der Waals surface area contributed by atoms with Gasteiger partial charge in [0.15, 0.2) is 0 Å². The van der Waals surface area contributed by atoms with E-state index in [1.807, 2.05) is 37.3 Å². The van der Waals surface area contributed by atoms with Crippen LogP contribution in [-0.2, 0) is 13.5 Å². The van der Waals surface area contributed by atoms with E-state index in [0.717, 1.165) is 11.3 Å². The molecule has 3 heterocycles. The zero-order valence-electron chi connectivity index (χ0n) is 16.4. The minimum absolute atomic E-state index is 0.0527. The summed E-state index contributed by atoms with van der Waals surface area (Å²) in [4.78, 5) is 22.5. The largest absolute Gasteiger partial charge is 0.470 e. The Bertz CT molecular complexity index is 1020.